The summed E-state index contributed by atoms with van der Waals surface area (Å²) in [5.41, 5.74) is 0.670. The monoisotopic (exact) mass is 514 g/mol. The first-order valence-corrected chi connectivity index (χ1v) is 12.6. The molecule has 11 nitrogen and oxygen atoms in total. The molecule has 2 amide bonds. The maximum absolute atomic E-state index is 13.3. The van der Waals surface area contributed by atoms with E-state index in [-0.39, 0.29) is 24.5 Å². The number of ether oxygens (including phenoxy) is 3. The van der Waals surface area contributed by atoms with Gasteiger partial charge in [0.2, 0.25) is 17.6 Å². The van der Waals surface area contributed by atoms with Crippen LogP contribution in [0.4, 0.5) is 0 Å². The smallest absolute Gasteiger partial charge is 0.247 e. The molecule has 1 saturated heterocycles. The van der Waals surface area contributed by atoms with Gasteiger partial charge >= 0.3 is 0 Å². The van der Waals surface area contributed by atoms with Crippen molar-refractivity contribution in [3.8, 4) is 22.9 Å². The number of carbonyl (C=O) groups is 2. The maximum Gasteiger partial charge on any atom is 0.247 e. The molecule has 1 aliphatic heterocycles. The van der Waals surface area contributed by atoms with Crippen molar-refractivity contribution in [1.29, 1.82) is 0 Å². The van der Waals surface area contributed by atoms with Crippen LogP contribution in [0.1, 0.15) is 24.6 Å². The van der Waals surface area contributed by atoms with Gasteiger partial charge in [0.15, 0.2) is 11.5 Å². The number of hydrogen-bond acceptors (Lipinski definition) is 9. The van der Waals surface area contributed by atoms with Crippen LogP contribution in [0.25, 0.3) is 11.4 Å². The molecule has 1 aromatic carbocycles. The zero-order valence-electron chi connectivity index (χ0n) is 20.5. The molecule has 3 heterocycles. The minimum absolute atomic E-state index is 0.0250. The molecule has 1 N–H and O–H groups in total. The Labute approximate surface area is 213 Å². The summed E-state index contributed by atoms with van der Waals surface area (Å²) in [5, 5.41) is 17.3. The Hall–Kier alpha value is -3.51. The third kappa shape index (κ3) is 6.18. The molecule has 12 heteroatoms. The Kier molecular flexibility index (Phi) is 8.49. The van der Waals surface area contributed by atoms with E-state index in [2.05, 4.69) is 20.7 Å². The number of aromatic nitrogens is 4. The minimum atomic E-state index is -0.685. The summed E-state index contributed by atoms with van der Waals surface area (Å²) >= 11 is 1.53. The second kappa shape index (κ2) is 12.0. The normalized spacial score (nSPS) is 15.9. The van der Waals surface area contributed by atoms with Crippen LogP contribution in [-0.2, 0) is 27.4 Å². The van der Waals surface area contributed by atoms with E-state index in [9.17, 15) is 9.59 Å². The number of rotatable bonds is 11. The number of nitrogens with one attached hydrogen (secondary N) is 1. The van der Waals surface area contributed by atoms with Gasteiger partial charge in [-0.1, -0.05) is 6.07 Å². The lowest BCUT2D eigenvalue weighted by Crippen LogP contribution is -2.49. The Morgan fingerprint density at radius 2 is 2.11 bits per heavy atom. The van der Waals surface area contributed by atoms with Crippen molar-refractivity contribution in [2.24, 2.45) is 0 Å². The molecule has 0 saturated carbocycles. The number of benzene rings is 1. The molecule has 36 heavy (non-hydrogen) atoms. The van der Waals surface area contributed by atoms with Gasteiger partial charge in [0.05, 0.1) is 26.9 Å². The molecule has 2 aromatic heterocycles. The van der Waals surface area contributed by atoms with Gasteiger partial charge in [-0.3, -0.25) is 9.59 Å². The molecular weight excluding hydrogens is 484 g/mol. The highest BCUT2D eigenvalue weighted by atomic mass is 32.1. The van der Waals surface area contributed by atoms with Gasteiger partial charge in [-0.2, -0.15) is 4.80 Å². The largest absolute Gasteiger partial charge is 0.493 e. The molecule has 192 valence electrons. The molecule has 3 aromatic rings. The average Bonchev–Trinajstić information content (AvgIpc) is 3.68. The van der Waals surface area contributed by atoms with Gasteiger partial charge in [0, 0.05) is 23.6 Å². The zero-order valence-corrected chi connectivity index (χ0v) is 21.4. The standard InChI is InChI=1S/C24H30N6O5S/c1-16(24(32)25-13-18-6-4-10-35-18)29(14-19-7-5-11-36-19)22(31)15-30-27-23(26-28-30)17-8-9-20(33-2)21(12-17)34-3/h5,7-9,11-12,16,18H,4,6,10,13-15H2,1-3H3,(H,25,32)/t16-,18+/m0/s1. The predicted octanol–water partition coefficient (Wildman–Crippen LogP) is 2.13. The first-order chi connectivity index (χ1) is 17.5. The minimum Gasteiger partial charge on any atom is -0.493 e. The zero-order chi connectivity index (χ0) is 25.5. The van der Waals surface area contributed by atoms with E-state index in [1.54, 1.807) is 39.3 Å². The van der Waals surface area contributed by atoms with Crippen LogP contribution in [0, 0.1) is 0 Å². The molecule has 0 radical (unpaired) electrons. The van der Waals surface area contributed by atoms with Crippen LogP contribution in [0.2, 0.25) is 0 Å². The lowest BCUT2D eigenvalue weighted by molar-refractivity contribution is -0.141. The third-order valence-electron chi connectivity index (χ3n) is 5.97. The van der Waals surface area contributed by atoms with Crippen molar-refractivity contribution < 1.29 is 23.8 Å². The van der Waals surface area contributed by atoms with Crippen molar-refractivity contribution in [2.45, 2.75) is 45.0 Å². The number of thiophene rings is 1. The molecule has 0 spiro atoms. The Morgan fingerprint density at radius 3 is 2.81 bits per heavy atom. The maximum atomic E-state index is 13.3. The fourth-order valence-electron chi connectivity index (χ4n) is 3.93. The van der Waals surface area contributed by atoms with Crippen LogP contribution in [0.15, 0.2) is 35.7 Å². The summed E-state index contributed by atoms with van der Waals surface area (Å²) in [5.74, 6) is 0.940. The van der Waals surface area contributed by atoms with Crippen LogP contribution in [0.3, 0.4) is 0 Å². The van der Waals surface area contributed by atoms with Crippen molar-refractivity contribution >= 4 is 23.2 Å². The van der Waals surface area contributed by atoms with E-state index < -0.39 is 6.04 Å². The second-order valence-electron chi connectivity index (χ2n) is 8.37. The quantitative estimate of drug-likeness (QED) is 0.413. The fraction of sp³-hybridized carbons (Fsp3) is 0.458. The van der Waals surface area contributed by atoms with Crippen LogP contribution in [0.5, 0.6) is 11.5 Å². The van der Waals surface area contributed by atoms with Gasteiger partial charge in [0.1, 0.15) is 12.6 Å². The lowest BCUT2D eigenvalue weighted by atomic mass is 10.2. The highest BCUT2D eigenvalue weighted by Gasteiger charge is 2.28. The topological polar surface area (TPSA) is 121 Å². The predicted molar refractivity (Wildman–Crippen MR) is 133 cm³/mol. The van der Waals surface area contributed by atoms with Crippen molar-refractivity contribution in [2.75, 3.05) is 27.4 Å². The van der Waals surface area contributed by atoms with E-state index in [0.717, 1.165) is 24.3 Å². The molecule has 0 aliphatic carbocycles. The fourth-order valence-corrected chi connectivity index (χ4v) is 4.64. The first kappa shape index (κ1) is 25.6. The number of nitrogens with zero attached hydrogens (tertiary/aromatic N) is 5. The highest BCUT2D eigenvalue weighted by Crippen LogP contribution is 2.30. The van der Waals surface area contributed by atoms with E-state index in [1.165, 1.54) is 21.0 Å². The Balaban J connectivity index is 1.46. The molecule has 1 aliphatic rings. The molecule has 1 fully saturated rings. The first-order valence-electron chi connectivity index (χ1n) is 11.7. The number of methoxy groups -OCH3 is 2. The Bertz CT molecular complexity index is 1160. The van der Waals surface area contributed by atoms with E-state index in [0.29, 0.717) is 36.0 Å². The molecular formula is C24H30N6O5S. The average molecular weight is 515 g/mol. The van der Waals surface area contributed by atoms with Gasteiger partial charge in [0.25, 0.3) is 0 Å². The molecule has 4 rings (SSSR count). The third-order valence-corrected chi connectivity index (χ3v) is 6.83. The molecule has 0 bridgehead atoms. The number of carbonyl (C=O) groups excluding carboxylic acids is 2. The SMILES string of the molecule is COc1ccc(-c2nnn(CC(=O)N(Cc3cccs3)[C@@H](C)C(=O)NC[C@H]3CCCO3)n2)cc1OC. The number of hydrogen-bond donors (Lipinski definition) is 1. The summed E-state index contributed by atoms with van der Waals surface area (Å²) in [6, 6.07) is 8.44. The summed E-state index contributed by atoms with van der Waals surface area (Å²) in [6.07, 6.45) is 1.94. The van der Waals surface area contributed by atoms with E-state index >= 15 is 0 Å². The van der Waals surface area contributed by atoms with Crippen molar-refractivity contribution in [1.82, 2.24) is 30.4 Å². The van der Waals surface area contributed by atoms with Gasteiger partial charge < -0.3 is 24.4 Å². The van der Waals surface area contributed by atoms with Gasteiger partial charge in [-0.15, -0.1) is 21.5 Å². The summed E-state index contributed by atoms with van der Waals surface area (Å²) < 4.78 is 16.2. The van der Waals surface area contributed by atoms with Gasteiger partial charge in [-0.05, 0) is 54.6 Å². The lowest BCUT2D eigenvalue weighted by Gasteiger charge is -2.28. The second-order valence-corrected chi connectivity index (χ2v) is 9.40. The highest BCUT2D eigenvalue weighted by molar-refractivity contribution is 7.09. The molecule has 0 unspecified atom stereocenters. The van der Waals surface area contributed by atoms with Crippen molar-refractivity contribution in [3.05, 3.63) is 40.6 Å². The van der Waals surface area contributed by atoms with E-state index in [4.69, 9.17) is 14.2 Å². The number of amides is 2. The van der Waals surface area contributed by atoms with Crippen LogP contribution >= 0.6 is 11.3 Å². The van der Waals surface area contributed by atoms with Gasteiger partial charge in [-0.25, -0.2) is 0 Å². The summed E-state index contributed by atoms with van der Waals surface area (Å²) in [6.45, 7) is 3.02. The molecule has 2 atom stereocenters. The van der Waals surface area contributed by atoms with Crippen LogP contribution in [-0.4, -0.2) is 76.4 Å². The summed E-state index contributed by atoms with van der Waals surface area (Å²) in [4.78, 5) is 30.0. The number of tetrazole rings is 1. The van der Waals surface area contributed by atoms with E-state index in [1.807, 2.05) is 17.5 Å². The van der Waals surface area contributed by atoms with Crippen molar-refractivity contribution in [3.63, 3.8) is 0 Å². The van der Waals surface area contributed by atoms with Crippen LogP contribution < -0.4 is 14.8 Å². The Morgan fingerprint density at radius 1 is 1.28 bits per heavy atom. The summed E-state index contributed by atoms with van der Waals surface area (Å²) in [7, 11) is 3.11.